The Balaban J connectivity index is 0.00000441. The van der Waals surface area contributed by atoms with Crippen LogP contribution in [0.15, 0.2) is 23.3 Å². The van der Waals surface area contributed by atoms with Gasteiger partial charge in [-0.2, -0.15) is 11.2 Å². The van der Waals surface area contributed by atoms with Crippen molar-refractivity contribution >= 4 is 23.3 Å². The van der Waals surface area contributed by atoms with Gasteiger partial charge in [0.05, 0.1) is 13.2 Å². The first kappa shape index (κ1) is 20.5. The van der Waals surface area contributed by atoms with Crippen LogP contribution in [0.5, 0.6) is 0 Å². The van der Waals surface area contributed by atoms with Gasteiger partial charge in [0.1, 0.15) is 0 Å². The van der Waals surface area contributed by atoms with Crippen LogP contribution < -0.4 is 5.43 Å². The standard InChI is InChI=1S/C15H18N2O4.Y/c1-5-20-14(18)13(15(19)21-6-2)17-16-12-8-7-10(3)11(4)9-12;/h7-9,16H,3-6H2,1-2H3;/q-2;. The molecular formula is C15H18N2O4Y-2. The van der Waals surface area contributed by atoms with Gasteiger partial charge in [0.15, 0.2) is 0 Å². The van der Waals surface area contributed by atoms with Crippen LogP contribution in [-0.4, -0.2) is 30.9 Å². The Bertz CT molecular complexity index is 538. The van der Waals surface area contributed by atoms with Gasteiger partial charge in [-0.15, -0.1) is 6.07 Å². The number of rotatable bonds is 6. The fourth-order valence-corrected chi connectivity index (χ4v) is 1.39. The molecule has 0 amide bonds. The Morgan fingerprint density at radius 1 is 1.09 bits per heavy atom. The third-order valence-electron chi connectivity index (χ3n) is 2.44. The Morgan fingerprint density at radius 2 is 1.64 bits per heavy atom. The van der Waals surface area contributed by atoms with Crippen molar-refractivity contribution in [1.29, 1.82) is 0 Å². The van der Waals surface area contributed by atoms with Crippen molar-refractivity contribution in [2.24, 2.45) is 5.10 Å². The van der Waals surface area contributed by atoms with Crippen molar-refractivity contribution < 1.29 is 51.8 Å². The van der Waals surface area contributed by atoms with E-state index in [2.05, 4.69) is 24.4 Å². The average Bonchev–Trinajstić information content (AvgIpc) is 2.43. The van der Waals surface area contributed by atoms with E-state index in [4.69, 9.17) is 9.47 Å². The molecule has 0 saturated carbocycles. The molecule has 0 aliphatic heterocycles. The molecule has 22 heavy (non-hydrogen) atoms. The van der Waals surface area contributed by atoms with Gasteiger partial charge in [0, 0.05) is 32.7 Å². The third kappa shape index (κ3) is 6.07. The van der Waals surface area contributed by atoms with Crippen LogP contribution in [0.4, 0.5) is 5.69 Å². The molecule has 0 aliphatic rings. The molecule has 0 aromatic heterocycles. The van der Waals surface area contributed by atoms with Crippen LogP contribution in [0.1, 0.15) is 25.0 Å². The summed E-state index contributed by atoms with van der Waals surface area (Å²) < 4.78 is 9.54. The van der Waals surface area contributed by atoms with Crippen LogP contribution in [0.25, 0.3) is 0 Å². The van der Waals surface area contributed by atoms with E-state index >= 15 is 0 Å². The molecule has 0 fully saturated rings. The number of nitrogens with one attached hydrogen (secondary N) is 1. The summed E-state index contributed by atoms with van der Waals surface area (Å²) in [4.78, 5) is 23.4. The van der Waals surface area contributed by atoms with Gasteiger partial charge < -0.3 is 9.47 Å². The first-order chi connectivity index (χ1) is 9.99. The summed E-state index contributed by atoms with van der Waals surface area (Å²) in [7, 11) is 0. The number of carbonyl (C=O) groups excluding carboxylic acids is 2. The van der Waals surface area contributed by atoms with Gasteiger partial charge in [-0.3, -0.25) is 30.4 Å². The van der Waals surface area contributed by atoms with Gasteiger partial charge in [-0.25, -0.2) is 15.7 Å². The number of carbonyl (C=O) groups is 2. The SMILES string of the molecule is [CH2-]c1ccc(NN=C(C(=O)OCC)C(=O)OCC)cc1[CH2-].[Y]. The number of benzene rings is 1. The molecular weight excluding hydrogens is 361 g/mol. The van der Waals surface area contributed by atoms with Gasteiger partial charge in [-0.05, 0) is 19.5 Å². The van der Waals surface area contributed by atoms with Crippen LogP contribution in [0.2, 0.25) is 0 Å². The van der Waals surface area contributed by atoms with Crippen molar-refractivity contribution in [3.8, 4) is 0 Å². The average molecular weight is 379 g/mol. The zero-order valence-electron chi connectivity index (χ0n) is 12.7. The molecule has 0 saturated heterocycles. The van der Waals surface area contributed by atoms with Gasteiger partial charge in [0.2, 0.25) is 0 Å². The molecule has 1 N–H and O–H groups in total. The van der Waals surface area contributed by atoms with E-state index in [0.717, 1.165) is 5.56 Å². The molecule has 0 unspecified atom stereocenters. The predicted octanol–water partition coefficient (Wildman–Crippen LogP) is 1.94. The second-order valence-corrected chi connectivity index (χ2v) is 4.00. The van der Waals surface area contributed by atoms with Gasteiger partial charge >= 0.3 is 11.9 Å². The van der Waals surface area contributed by atoms with Gasteiger partial charge in [-0.1, -0.05) is 0 Å². The maximum atomic E-state index is 11.7. The summed E-state index contributed by atoms with van der Waals surface area (Å²) in [6.07, 6.45) is 0. The molecule has 1 aromatic carbocycles. The first-order valence-corrected chi connectivity index (χ1v) is 6.45. The summed E-state index contributed by atoms with van der Waals surface area (Å²) in [6, 6.07) is 5.14. The quantitative estimate of drug-likeness (QED) is 0.269. The van der Waals surface area contributed by atoms with Crippen LogP contribution >= 0.6 is 0 Å². The van der Waals surface area contributed by atoms with E-state index in [1.807, 2.05) is 0 Å². The maximum absolute atomic E-state index is 11.7. The second-order valence-electron chi connectivity index (χ2n) is 4.00. The Kier molecular flexibility index (Phi) is 9.53. The van der Waals surface area contributed by atoms with E-state index in [0.29, 0.717) is 11.3 Å². The smallest absolute Gasteiger partial charge is 0.366 e. The zero-order valence-corrected chi connectivity index (χ0v) is 15.6. The van der Waals surface area contributed by atoms with Gasteiger partial charge in [0.25, 0.3) is 5.71 Å². The fraction of sp³-hybridized carbons (Fsp3) is 0.267. The largest absolute Gasteiger partial charge is 0.461 e. The number of hydrogen-bond donors (Lipinski definition) is 1. The number of anilines is 1. The maximum Gasteiger partial charge on any atom is 0.366 e. The second kappa shape index (κ2) is 10.2. The van der Waals surface area contributed by atoms with Crippen LogP contribution in [0, 0.1) is 13.8 Å². The molecule has 117 valence electrons. The molecule has 0 aliphatic carbocycles. The van der Waals surface area contributed by atoms with E-state index in [9.17, 15) is 9.59 Å². The van der Waals surface area contributed by atoms with E-state index in [-0.39, 0.29) is 45.9 Å². The molecule has 0 spiro atoms. The van der Waals surface area contributed by atoms with E-state index in [1.165, 1.54) is 0 Å². The predicted molar refractivity (Wildman–Crippen MR) is 79.7 cm³/mol. The Labute approximate surface area is 155 Å². The van der Waals surface area contributed by atoms with Crippen LogP contribution in [0.3, 0.4) is 0 Å². The Morgan fingerprint density at radius 3 is 2.09 bits per heavy atom. The number of esters is 2. The number of nitrogens with zero attached hydrogens (tertiary/aromatic N) is 1. The molecule has 0 bridgehead atoms. The number of ether oxygens (including phenoxy) is 2. The summed E-state index contributed by atoms with van der Waals surface area (Å²) >= 11 is 0. The van der Waals surface area contributed by atoms with E-state index < -0.39 is 17.7 Å². The minimum atomic E-state index is -0.841. The monoisotopic (exact) mass is 379 g/mol. The van der Waals surface area contributed by atoms with Crippen molar-refractivity contribution in [2.45, 2.75) is 13.8 Å². The van der Waals surface area contributed by atoms with Crippen molar-refractivity contribution in [1.82, 2.24) is 0 Å². The molecule has 7 heteroatoms. The summed E-state index contributed by atoms with van der Waals surface area (Å²) in [5.41, 5.74) is 4.23. The van der Waals surface area contributed by atoms with Crippen molar-refractivity contribution in [3.05, 3.63) is 43.2 Å². The number of hydrogen-bond acceptors (Lipinski definition) is 6. The molecule has 1 aromatic rings. The zero-order chi connectivity index (χ0) is 15.8. The summed E-state index contributed by atoms with van der Waals surface area (Å²) in [5.74, 6) is -1.68. The first-order valence-electron chi connectivity index (χ1n) is 6.45. The normalized spacial score (nSPS) is 9.18. The molecule has 1 rings (SSSR count). The fourth-order valence-electron chi connectivity index (χ4n) is 1.39. The minimum Gasteiger partial charge on any atom is -0.461 e. The Hall–Kier alpha value is -1.53. The number of hydrazone groups is 1. The minimum absolute atomic E-state index is 0. The summed E-state index contributed by atoms with van der Waals surface area (Å²) in [6.45, 7) is 11.1. The van der Waals surface area contributed by atoms with Crippen molar-refractivity contribution in [2.75, 3.05) is 18.6 Å². The molecule has 6 nitrogen and oxygen atoms in total. The topological polar surface area (TPSA) is 77.0 Å². The molecule has 0 heterocycles. The summed E-state index contributed by atoms with van der Waals surface area (Å²) in [5, 5.41) is 3.77. The molecule has 0 atom stereocenters. The third-order valence-corrected chi connectivity index (χ3v) is 2.44. The van der Waals surface area contributed by atoms with Crippen LogP contribution in [-0.2, 0) is 51.8 Å². The molecule has 1 radical (unpaired) electrons. The van der Waals surface area contributed by atoms with E-state index in [1.54, 1.807) is 32.0 Å². The van der Waals surface area contributed by atoms with Crippen molar-refractivity contribution in [3.63, 3.8) is 0 Å².